The molecule has 2 heterocycles. The molecule has 30 heavy (non-hydrogen) atoms. The van der Waals surface area contributed by atoms with Crippen LogP contribution in [0.3, 0.4) is 0 Å². The number of aromatic nitrogens is 4. The van der Waals surface area contributed by atoms with Gasteiger partial charge in [0, 0.05) is 23.9 Å². The standard InChI is InChI=1S/C23H17FN4OS/c1-29-17-12-18(24)21-19(13-17)28(20-9-10-25-23(26-20)30-2)22(27-21)16-8-7-14-5-3-4-6-15(14)11-16/h3-13H,1-2H3. The Morgan fingerprint density at radius 1 is 0.967 bits per heavy atom. The van der Waals surface area contributed by atoms with Gasteiger partial charge in [-0.15, -0.1) is 0 Å². The fraction of sp³-hybridized carbons (Fsp3) is 0.0870. The van der Waals surface area contributed by atoms with Crippen LogP contribution in [-0.4, -0.2) is 32.9 Å². The molecule has 5 rings (SSSR count). The summed E-state index contributed by atoms with van der Waals surface area (Å²) in [5.41, 5.74) is 1.72. The highest BCUT2D eigenvalue weighted by Gasteiger charge is 2.20. The molecular weight excluding hydrogens is 399 g/mol. The monoisotopic (exact) mass is 416 g/mol. The largest absolute Gasteiger partial charge is 0.497 e. The van der Waals surface area contributed by atoms with Crippen molar-refractivity contribution in [1.82, 2.24) is 19.5 Å². The maximum Gasteiger partial charge on any atom is 0.189 e. The summed E-state index contributed by atoms with van der Waals surface area (Å²) in [5, 5.41) is 2.84. The van der Waals surface area contributed by atoms with Crippen molar-refractivity contribution in [2.75, 3.05) is 13.4 Å². The van der Waals surface area contributed by atoms with Crippen LogP contribution in [0.2, 0.25) is 0 Å². The van der Waals surface area contributed by atoms with E-state index in [-0.39, 0.29) is 5.52 Å². The average molecular weight is 416 g/mol. The van der Waals surface area contributed by atoms with Gasteiger partial charge >= 0.3 is 0 Å². The highest BCUT2D eigenvalue weighted by atomic mass is 32.2. The number of halogens is 1. The van der Waals surface area contributed by atoms with Gasteiger partial charge in [-0.05, 0) is 29.2 Å². The van der Waals surface area contributed by atoms with E-state index in [9.17, 15) is 4.39 Å². The van der Waals surface area contributed by atoms with Crippen molar-refractivity contribution >= 4 is 33.6 Å². The second kappa shape index (κ2) is 7.42. The Bertz CT molecular complexity index is 1400. The molecule has 0 atom stereocenters. The van der Waals surface area contributed by atoms with E-state index in [1.807, 2.05) is 41.2 Å². The first-order chi connectivity index (χ1) is 14.7. The first-order valence-corrected chi connectivity index (χ1v) is 10.5. The Kier molecular flexibility index (Phi) is 4.59. The minimum Gasteiger partial charge on any atom is -0.497 e. The predicted octanol–water partition coefficient (Wildman–Crippen LogP) is 5.51. The Morgan fingerprint density at radius 3 is 2.60 bits per heavy atom. The molecular formula is C23H17FN4OS. The Balaban J connectivity index is 1.85. The molecule has 0 saturated heterocycles. The number of ether oxygens (including phenoxy) is 1. The molecule has 0 fully saturated rings. The van der Waals surface area contributed by atoms with Crippen molar-refractivity contribution in [2.24, 2.45) is 0 Å². The van der Waals surface area contributed by atoms with Crippen molar-refractivity contribution in [3.05, 3.63) is 72.7 Å². The van der Waals surface area contributed by atoms with Crippen molar-refractivity contribution in [1.29, 1.82) is 0 Å². The minimum atomic E-state index is -0.440. The van der Waals surface area contributed by atoms with Crippen LogP contribution in [-0.2, 0) is 0 Å². The van der Waals surface area contributed by atoms with Gasteiger partial charge in [0.05, 0.1) is 12.6 Å². The number of nitrogens with zero attached hydrogens (tertiary/aromatic N) is 4. The average Bonchev–Trinajstić information content (AvgIpc) is 3.18. The van der Waals surface area contributed by atoms with Gasteiger partial charge in [0.2, 0.25) is 0 Å². The number of hydrogen-bond acceptors (Lipinski definition) is 5. The molecule has 0 unspecified atom stereocenters. The lowest BCUT2D eigenvalue weighted by atomic mass is 10.1. The molecule has 0 N–H and O–H groups in total. The molecule has 5 nitrogen and oxygen atoms in total. The van der Waals surface area contributed by atoms with E-state index in [0.717, 1.165) is 16.3 Å². The van der Waals surface area contributed by atoms with E-state index in [2.05, 4.69) is 27.1 Å². The zero-order chi connectivity index (χ0) is 20.7. The first kappa shape index (κ1) is 18.6. The van der Waals surface area contributed by atoms with Gasteiger partial charge in [0.1, 0.15) is 22.9 Å². The van der Waals surface area contributed by atoms with E-state index in [1.54, 1.807) is 18.3 Å². The lowest BCUT2D eigenvalue weighted by Crippen LogP contribution is -2.02. The summed E-state index contributed by atoms with van der Waals surface area (Å²) in [4.78, 5) is 13.6. The minimum absolute atomic E-state index is 0.267. The van der Waals surface area contributed by atoms with Crippen LogP contribution >= 0.6 is 11.8 Å². The van der Waals surface area contributed by atoms with Gasteiger partial charge in [0.15, 0.2) is 11.0 Å². The van der Waals surface area contributed by atoms with Crippen LogP contribution in [0, 0.1) is 5.82 Å². The van der Waals surface area contributed by atoms with Gasteiger partial charge in [-0.25, -0.2) is 19.3 Å². The third-order valence-electron chi connectivity index (χ3n) is 4.96. The molecule has 0 aliphatic heterocycles. The maximum atomic E-state index is 14.9. The second-order valence-electron chi connectivity index (χ2n) is 6.71. The molecule has 2 aromatic heterocycles. The van der Waals surface area contributed by atoms with Crippen molar-refractivity contribution in [2.45, 2.75) is 5.16 Å². The second-order valence-corrected chi connectivity index (χ2v) is 7.48. The lowest BCUT2D eigenvalue weighted by Gasteiger charge is -2.10. The molecule has 0 aliphatic rings. The van der Waals surface area contributed by atoms with E-state index in [4.69, 9.17) is 4.74 Å². The van der Waals surface area contributed by atoms with Gasteiger partial charge in [-0.2, -0.15) is 0 Å². The van der Waals surface area contributed by atoms with Crippen LogP contribution in [0.5, 0.6) is 5.75 Å². The van der Waals surface area contributed by atoms with Gasteiger partial charge < -0.3 is 4.74 Å². The molecule has 0 spiro atoms. The number of imidazole rings is 1. The summed E-state index contributed by atoms with van der Waals surface area (Å²) in [6.07, 6.45) is 3.61. The summed E-state index contributed by atoms with van der Waals surface area (Å²) in [7, 11) is 1.52. The van der Waals surface area contributed by atoms with Gasteiger partial charge in [-0.3, -0.25) is 4.57 Å². The number of benzene rings is 3. The molecule has 0 amide bonds. The number of thioether (sulfide) groups is 1. The molecule has 0 saturated carbocycles. The highest BCUT2D eigenvalue weighted by molar-refractivity contribution is 7.98. The number of fused-ring (bicyclic) bond motifs is 2. The van der Waals surface area contributed by atoms with Crippen LogP contribution in [0.1, 0.15) is 0 Å². The maximum absolute atomic E-state index is 14.9. The summed E-state index contributed by atoms with van der Waals surface area (Å²) >= 11 is 1.45. The molecule has 0 radical (unpaired) electrons. The fourth-order valence-corrected chi connectivity index (χ4v) is 3.89. The predicted molar refractivity (Wildman–Crippen MR) is 118 cm³/mol. The van der Waals surface area contributed by atoms with E-state index in [1.165, 1.54) is 24.9 Å². The summed E-state index contributed by atoms with van der Waals surface area (Å²) in [6.45, 7) is 0. The van der Waals surface area contributed by atoms with Crippen LogP contribution in [0.15, 0.2) is 72.0 Å². The van der Waals surface area contributed by atoms with Gasteiger partial charge in [-0.1, -0.05) is 48.2 Å². The van der Waals surface area contributed by atoms with Crippen molar-refractivity contribution in [3.63, 3.8) is 0 Å². The Hall–Kier alpha value is -3.45. The Morgan fingerprint density at radius 2 is 1.80 bits per heavy atom. The van der Waals surface area contributed by atoms with Crippen LogP contribution < -0.4 is 4.74 Å². The van der Waals surface area contributed by atoms with Crippen LogP contribution in [0.25, 0.3) is 39.0 Å². The summed E-state index contributed by atoms with van der Waals surface area (Å²) in [6, 6.07) is 19.1. The van der Waals surface area contributed by atoms with Crippen molar-refractivity contribution in [3.8, 4) is 23.0 Å². The number of rotatable bonds is 4. The van der Waals surface area contributed by atoms with Crippen LogP contribution in [0.4, 0.5) is 4.39 Å². The quantitative estimate of drug-likeness (QED) is 0.286. The zero-order valence-electron chi connectivity index (χ0n) is 16.3. The highest BCUT2D eigenvalue weighted by Crippen LogP contribution is 2.33. The van der Waals surface area contributed by atoms with E-state index >= 15 is 0 Å². The summed E-state index contributed by atoms with van der Waals surface area (Å²) < 4.78 is 22.0. The number of hydrogen-bond donors (Lipinski definition) is 0. The molecule has 0 aliphatic carbocycles. The van der Waals surface area contributed by atoms with Gasteiger partial charge in [0.25, 0.3) is 0 Å². The topological polar surface area (TPSA) is 52.8 Å². The number of methoxy groups -OCH3 is 1. The van der Waals surface area contributed by atoms with E-state index < -0.39 is 5.82 Å². The van der Waals surface area contributed by atoms with E-state index in [0.29, 0.717) is 28.1 Å². The first-order valence-electron chi connectivity index (χ1n) is 9.30. The summed E-state index contributed by atoms with van der Waals surface area (Å²) in [5.74, 6) is 1.20. The third kappa shape index (κ3) is 3.07. The normalized spacial score (nSPS) is 11.3. The SMILES string of the molecule is COc1cc(F)c2nc(-c3ccc4ccccc4c3)n(-c3ccnc(SC)n3)c2c1. The molecule has 5 aromatic rings. The fourth-order valence-electron chi connectivity index (χ4n) is 3.54. The smallest absolute Gasteiger partial charge is 0.189 e. The molecule has 3 aromatic carbocycles. The lowest BCUT2D eigenvalue weighted by molar-refractivity contribution is 0.412. The van der Waals surface area contributed by atoms with Crippen molar-refractivity contribution < 1.29 is 9.13 Å². The Labute approximate surface area is 176 Å². The molecule has 148 valence electrons. The molecule has 7 heteroatoms. The zero-order valence-corrected chi connectivity index (χ0v) is 17.2. The molecule has 0 bridgehead atoms. The third-order valence-corrected chi connectivity index (χ3v) is 5.52.